The second-order valence-corrected chi connectivity index (χ2v) is 5.16. The number of phenolic OH excluding ortho intramolecular Hbond substituents is 1. The minimum Gasteiger partial charge on any atom is -0.507 e. The van der Waals surface area contributed by atoms with E-state index >= 15 is 0 Å². The number of carbonyl (C=O) groups excluding carboxylic acids is 1. The molecule has 0 saturated heterocycles. The fraction of sp³-hybridized carbons (Fsp3) is 0.562. The van der Waals surface area contributed by atoms with Crippen molar-refractivity contribution in [2.75, 3.05) is 26.7 Å². The molecule has 0 unspecified atom stereocenters. The van der Waals surface area contributed by atoms with Crippen LogP contribution in [0.5, 0.6) is 11.5 Å². The lowest BCUT2D eigenvalue weighted by molar-refractivity contribution is -0.122. The first-order chi connectivity index (χ1) is 10.1. The highest BCUT2D eigenvalue weighted by atomic mass is 16.5. The summed E-state index contributed by atoms with van der Waals surface area (Å²) in [5.41, 5.74) is 0.782. The Bertz CT molecular complexity index is 449. The van der Waals surface area contributed by atoms with Gasteiger partial charge in [-0.2, -0.15) is 0 Å². The monoisotopic (exact) mass is 294 g/mol. The van der Waals surface area contributed by atoms with Crippen LogP contribution in [-0.4, -0.2) is 42.7 Å². The molecule has 0 bridgehead atoms. The molecule has 0 spiro atoms. The summed E-state index contributed by atoms with van der Waals surface area (Å²) in [4.78, 5) is 13.5. The van der Waals surface area contributed by atoms with E-state index in [1.54, 1.807) is 6.07 Å². The highest BCUT2D eigenvalue weighted by molar-refractivity contribution is 5.77. The number of hydrogen-bond acceptors (Lipinski definition) is 4. The zero-order valence-corrected chi connectivity index (χ0v) is 13.2. The van der Waals surface area contributed by atoms with Crippen LogP contribution in [0.2, 0.25) is 0 Å². The van der Waals surface area contributed by atoms with Crippen molar-refractivity contribution in [3.05, 3.63) is 23.8 Å². The van der Waals surface area contributed by atoms with E-state index in [1.807, 2.05) is 37.9 Å². The van der Waals surface area contributed by atoms with Gasteiger partial charge in [0.1, 0.15) is 11.5 Å². The second kappa shape index (κ2) is 9.23. The molecule has 0 aliphatic heterocycles. The maximum atomic E-state index is 11.6. The number of phenols is 1. The maximum Gasteiger partial charge on any atom is 0.234 e. The van der Waals surface area contributed by atoms with Gasteiger partial charge in [-0.05, 0) is 26.0 Å². The highest BCUT2D eigenvalue weighted by Gasteiger charge is 2.10. The number of carbonyl (C=O) groups is 1. The molecule has 0 heterocycles. The quantitative estimate of drug-likeness (QED) is 0.732. The van der Waals surface area contributed by atoms with E-state index in [2.05, 4.69) is 5.32 Å². The van der Waals surface area contributed by atoms with Crippen LogP contribution in [0.15, 0.2) is 18.2 Å². The summed E-state index contributed by atoms with van der Waals surface area (Å²) < 4.78 is 5.47. The summed E-state index contributed by atoms with van der Waals surface area (Å²) >= 11 is 0. The highest BCUT2D eigenvalue weighted by Crippen LogP contribution is 2.24. The predicted molar refractivity (Wildman–Crippen MR) is 83.5 cm³/mol. The van der Waals surface area contributed by atoms with E-state index in [0.29, 0.717) is 32.0 Å². The summed E-state index contributed by atoms with van der Waals surface area (Å²) in [5, 5.41) is 12.8. The van der Waals surface area contributed by atoms with Crippen molar-refractivity contribution in [3.63, 3.8) is 0 Å². The van der Waals surface area contributed by atoms with E-state index in [4.69, 9.17) is 4.74 Å². The fourth-order valence-electron chi connectivity index (χ4n) is 1.90. The van der Waals surface area contributed by atoms with E-state index in [9.17, 15) is 9.90 Å². The van der Waals surface area contributed by atoms with Crippen LogP contribution in [-0.2, 0) is 11.3 Å². The summed E-state index contributed by atoms with van der Waals surface area (Å²) in [6.45, 7) is 6.21. The summed E-state index contributed by atoms with van der Waals surface area (Å²) in [7, 11) is 1.85. The van der Waals surface area contributed by atoms with Crippen molar-refractivity contribution in [2.24, 2.45) is 0 Å². The van der Waals surface area contributed by atoms with Crippen LogP contribution >= 0.6 is 0 Å². The number of rotatable bonds is 9. The summed E-state index contributed by atoms with van der Waals surface area (Å²) in [5.74, 6) is 0.868. The first-order valence-electron chi connectivity index (χ1n) is 7.46. The third-order valence-corrected chi connectivity index (χ3v) is 2.96. The number of benzene rings is 1. The first-order valence-corrected chi connectivity index (χ1v) is 7.46. The number of ether oxygens (including phenoxy) is 1. The molecular formula is C16H26N2O3. The molecule has 2 N–H and O–H groups in total. The summed E-state index contributed by atoms with van der Waals surface area (Å²) in [6.07, 6.45) is 1.85. The third-order valence-electron chi connectivity index (χ3n) is 2.96. The Morgan fingerprint density at radius 1 is 1.33 bits per heavy atom. The minimum atomic E-state index is 0.00161. The molecule has 0 aliphatic rings. The normalized spacial score (nSPS) is 10.7. The number of hydrogen-bond donors (Lipinski definition) is 2. The number of amides is 1. The molecule has 1 rings (SSSR count). The van der Waals surface area contributed by atoms with Gasteiger partial charge < -0.3 is 15.2 Å². The maximum absolute atomic E-state index is 11.6. The van der Waals surface area contributed by atoms with Crippen LogP contribution in [0.4, 0.5) is 0 Å². The van der Waals surface area contributed by atoms with Gasteiger partial charge in [0.15, 0.2) is 0 Å². The van der Waals surface area contributed by atoms with Crippen LogP contribution in [0, 0.1) is 0 Å². The Kier molecular flexibility index (Phi) is 7.61. The molecule has 0 aliphatic carbocycles. The molecule has 0 saturated carbocycles. The van der Waals surface area contributed by atoms with Crippen LogP contribution in [0.1, 0.15) is 32.3 Å². The molecule has 1 aromatic carbocycles. The van der Waals surface area contributed by atoms with E-state index in [1.165, 1.54) is 0 Å². The van der Waals surface area contributed by atoms with E-state index in [0.717, 1.165) is 18.4 Å². The fourth-order valence-corrected chi connectivity index (χ4v) is 1.90. The molecule has 118 valence electrons. The van der Waals surface area contributed by atoms with Gasteiger partial charge in [0, 0.05) is 24.7 Å². The SMILES string of the molecule is CCCNC(=O)CN(C)Cc1ccc(OCCC)cc1O. The standard InChI is InChI=1S/C16H26N2O3/c1-4-8-17-16(20)12-18(3)11-13-6-7-14(10-15(13)19)21-9-5-2/h6-7,10,19H,4-5,8-9,11-12H2,1-3H3,(H,17,20). The van der Waals surface area contributed by atoms with Crippen molar-refractivity contribution >= 4 is 5.91 Å². The molecule has 0 aromatic heterocycles. The van der Waals surface area contributed by atoms with Gasteiger partial charge in [-0.1, -0.05) is 19.9 Å². The average molecular weight is 294 g/mol. The molecule has 0 fully saturated rings. The first kappa shape index (κ1) is 17.3. The van der Waals surface area contributed by atoms with Crippen LogP contribution < -0.4 is 10.1 Å². The van der Waals surface area contributed by atoms with Gasteiger partial charge in [-0.15, -0.1) is 0 Å². The van der Waals surface area contributed by atoms with Gasteiger partial charge in [-0.25, -0.2) is 0 Å². The lowest BCUT2D eigenvalue weighted by Gasteiger charge is -2.17. The predicted octanol–water partition coefficient (Wildman–Crippen LogP) is 2.14. The van der Waals surface area contributed by atoms with E-state index < -0.39 is 0 Å². The Labute approximate surface area is 126 Å². The lowest BCUT2D eigenvalue weighted by atomic mass is 10.2. The number of nitrogens with zero attached hydrogens (tertiary/aromatic N) is 1. The van der Waals surface area contributed by atoms with Gasteiger partial charge >= 0.3 is 0 Å². The topological polar surface area (TPSA) is 61.8 Å². The van der Waals surface area contributed by atoms with Gasteiger partial charge in [0.25, 0.3) is 0 Å². The second-order valence-electron chi connectivity index (χ2n) is 5.16. The van der Waals surface area contributed by atoms with Gasteiger partial charge in [-0.3, -0.25) is 9.69 Å². The van der Waals surface area contributed by atoms with Crippen LogP contribution in [0.25, 0.3) is 0 Å². The van der Waals surface area contributed by atoms with Gasteiger partial charge in [0.05, 0.1) is 13.2 Å². The van der Waals surface area contributed by atoms with Crippen molar-refractivity contribution in [2.45, 2.75) is 33.2 Å². The molecule has 1 amide bonds. The Balaban J connectivity index is 2.52. The number of nitrogens with one attached hydrogen (secondary N) is 1. The number of aromatic hydroxyl groups is 1. The molecule has 1 aromatic rings. The molecule has 0 radical (unpaired) electrons. The van der Waals surface area contributed by atoms with Crippen molar-refractivity contribution in [1.29, 1.82) is 0 Å². The Hall–Kier alpha value is -1.75. The molecule has 5 heteroatoms. The van der Waals surface area contributed by atoms with Crippen LogP contribution in [0.3, 0.4) is 0 Å². The molecule has 0 atom stereocenters. The molecule has 5 nitrogen and oxygen atoms in total. The van der Waals surface area contributed by atoms with Crippen molar-refractivity contribution in [3.8, 4) is 11.5 Å². The van der Waals surface area contributed by atoms with Crippen molar-refractivity contribution < 1.29 is 14.6 Å². The largest absolute Gasteiger partial charge is 0.507 e. The zero-order valence-electron chi connectivity index (χ0n) is 13.2. The summed E-state index contributed by atoms with van der Waals surface area (Å²) in [6, 6.07) is 5.30. The average Bonchev–Trinajstić information content (AvgIpc) is 2.45. The zero-order chi connectivity index (χ0) is 15.7. The third kappa shape index (κ3) is 6.49. The van der Waals surface area contributed by atoms with Gasteiger partial charge in [0.2, 0.25) is 5.91 Å². The molecular weight excluding hydrogens is 268 g/mol. The van der Waals surface area contributed by atoms with E-state index in [-0.39, 0.29) is 11.7 Å². The Morgan fingerprint density at radius 2 is 2.10 bits per heavy atom. The number of likely N-dealkylation sites (N-methyl/N-ethyl adjacent to an activating group) is 1. The smallest absolute Gasteiger partial charge is 0.234 e. The van der Waals surface area contributed by atoms with Crippen molar-refractivity contribution in [1.82, 2.24) is 10.2 Å². The lowest BCUT2D eigenvalue weighted by Crippen LogP contribution is -2.35. The minimum absolute atomic E-state index is 0.00161. The Morgan fingerprint density at radius 3 is 2.71 bits per heavy atom. The molecule has 21 heavy (non-hydrogen) atoms.